The fraction of sp³-hybridized carbons (Fsp3) is 0.639. The molecule has 21 nitrogen and oxygen atoms in total. The van der Waals surface area contributed by atoms with E-state index in [9.17, 15) is 43.5 Å². The number of likely N-dealkylation sites (tertiary alicyclic amines) is 1. The monoisotopic (exact) mass is 1220 g/mol. The van der Waals surface area contributed by atoms with Gasteiger partial charge in [-0.25, -0.2) is 9.59 Å². The number of halogens is 1. The molecular weight excluding hydrogens is 1130 g/mol. The number of allylic oxidation sites excluding steroid dienone is 1. The summed E-state index contributed by atoms with van der Waals surface area (Å²) in [5.41, 5.74) is 1.52. The Morgan fingerprint density at radius 1 is 0.795 bits per heavy atom. The average molecular weight is 1230 g/mol. The molecule has 2 aromatic carbocycles. The molecule has 0 saturated carbocycles. The fourth-order valence-corrected chi connectivity index (χ4v) is 11.1. The van der Waals surface area contributed by atoms with E-state index in [-0.39, 0.29) is 66.3 Å². The molecule has 8 amide bonds. The summed E-state index contributed by atoms with van der Waals surface area (Å²) in [6.45, 7) is 14.8. The number of amides is 8. The Balaban J connectivity index is 1.46. The molecule has 6 N–H and O–H groups in total. The molecule has 1 saturated heterocycles. The molecule has 1 fully saturated rings. The highest BCUT2D eigenvalue weighted by Gasteiger charge is 2.44. The van der Waals surface area contributed by atoms with Crippen LogP contribution in [0, 0.1) is 23.7 Å². The zero-order chi connectivity index (χ0) is 61.5. The summed E-state index contributed by atoms with van der Waals surface area (Å²) < 4.78 is 23.5. The molecule has 1 aliphatic carbocycles. The minimum Gasteiger partial charge on any atom is -0.445 e. The number of hydrogen-bond acceptors (Lipinski definition) is 13. The number of methoxy groups -OCH3 is 2. The third kappa shape index (κ3) is 20.6. The smallest absolute Gasteiger partial charge is 0.412 e. The predicted molar refractivity (Wildman–Crippen MR) is 321 cm³/mol. The van der Waals surface area contributed by atoms with Crippen LogP contribution in [0.5, 0.6) is 0 Å². The average Bonchev–Trinajstić information content (AvgIpc) is 4.15. The van der Waals surface area contributed by atoms with E-state index in [0.29, 0.717) is 43.4 Å². The van der Waals surface area contributed by atoms with Gasteiger partial charge >= 0.3 is 12.2 Å². The second kappa shape index (κ2) is 34.6. The Kier molecular flexibility index (Phi) is 28.9. The number of ether oxygens (including phenoxy) is 4. The fourth-order valence-electron chi connectivity index (χ4n) is 10.9. The third-order valence-electron chi connectivity index (χ3n) is 15.8. The van der Waals surface area contributed by atoms with Gasteiger partial charge in [-0.1, -0.05) is 120 Å². The lowest BCUT2D eigenvalue weighted by atomic mass is 9.89. The largest absolute Gasteiger partial charge is 0.445 e. The van der Waals surface area contributed by atoms with E-state index in [1.807, 2.05) is 44.2 Å². The van der Waals surface area contributed by atoms with E-state index in [1.54, 1.807) is 88.7 Å². The van der Waals surface area contributed by atoms with Crippen molar-refractivity contribution in [1.29, 1.82) is 0 Å². The van der Waals surface area contributed by atoms with Crippen LogP contribution < -0.4 is 26.6 Å². The third-order valence-corrected chi connectivity index (χ3v) is 16.3. The summed E-state index contributed by atoms with van der Waals surface area (Å²) in [7, 11) is 6.10. The van der Waals surface area contributed by atoms with Crippen molar-refractivity contribution < 1.29 is 62.4 Å². The summed E-state index contributed by atoms with van der Waals surface area (Å²) in [6.07, 6.45) is 5.88. The Morgan fingerprint density at radius 3 is 2.14 bits per heavy atom. The number of rotatable bonds is 29. The van der Waals surface area contributed by atoms with Crippen LogP contribution in [-0.4, -0.2) is 163 Å². The van der Waals surface area contributed by atoms with Crippen LogP contribution in [0.3, 0.4) is 0 Å². The van der Waals surface area contributed by atoms with Gasteiger partial charge in [-0.3, -0.25) is 39.0 Å². The van der Waals surface area contributed by atoms with Crippen molar-refractivity contribution in [2.75, 3.05) is 57.4 Å². The Labute approximate surface area is 499 Å². The number of carbonyl (C=O) groups excluding carboxylic acids is 8. The highest BCUT2D eigenvalue weighted by atomic mass is 79.9. The molecule has 462 valence electrons. The first-order valence-electron chi connectivity index (χ1n) is 29.2. The number of hydrogen-bond donors (Lipinski definition) is 6. The molecule has 2 aliphatic rings. The molecule has 0 bridgehead atoms. The second-order valence-electron chi connectivity index (χ2n) is 22.6. The van der Waals surface area contributed by atoms with E-state index in [2.05, 4.69) is 42.5 Å². The van der Waals surface area contributed by atoms with Gasteiger partial charge in [-0.15, -0.1) is 0 Å². The lowest BCUT2D eigenvalue weighted by Gasteiger charge is -2.41. The molecule has 4 rings (SSSR count). The SMILES string of the molecule is CC[C@H](C)[C@@H]([C@@H](CC(=O)N1CCC[C@H]1[C@H](OC)[C@@H](C)C(=O)N[C@H](C)[C@@H](O)c1ccccc1)OC)N(C)C(=O)[C@@H](NC(=O)[C@H](C(C)C)N(C)C(=O)OCc1ccc(NC(=O)OC2/C=C/CCCCC2)c(NC(=O)CCNC(=O)CBr)c1)C(C)C. The first-order valence-corrected chi connectivity index (χ1v) is 30.3. The second-order valence-corrected chi connectivity index (χ2v) is 23.2. The highest BCUT2D eigenvalue weighted by Crippen LogP contribution is 2.31. The Bertz CT molecular complexity index is 2480. The van der Waals surface area contributed by atoms with Crippen molar-refractivity contribution >= 4 is 74.9 Å². The molecule has 2 aromatic rings. The summed E-state index contributed by atoms with van der Waals surface area (Å²) in [5, 5.41) is 25.0. The molecular formula is C61H93BrN8O13. The number of likely N-dealkylation sites (N-methyl/N-ethyl adjacent to an activating group) is 2. The van der Waals surface area contributed by atoms with Gasteiger partial charge in [0.1, 0.15) is 24.8 Å². The topological polar surface area (TPSA) is 264 Å². The van der Waals surface area contributed by atoms with Gasteiger partial charge in [-0.05, 0) is 92.5 Å². The van der Waals surface area contributed by atoms with Crippen molar-refractivity contribution in [3.05, 3.63) is 71.8 Å². The van der Waals surface area contributed by atoms with E-state index >= 15 is 0 Å². The quantitative estimate of drug-likeness (QED) is 0.0335. The first kappa shape index (κ1) is 69.4. The van der Waals surface area contributed by atoms with Gasteiger partial charge in [0.15, 0.2) is 0 Å². The number of aliphatic hydroxyl groups is 1. The maximum absolute atomic E-state index is 14.8. The Hall–Kier alpha value is -6.10. The number of carbonyl (C=O) groups is 8. The van der Waals surface area contributed by atoms with Gasteiger partial charge in [-0.2, -0.15) is 0 Å². The molecule has 1 aliphatic heterocycles. The van der Waals surface area contributed by atoms with Gasteiger partial charge in [0.05, 0.1) is 65.5 Å². The van der Waals surface area contributed by atoms with Crippen LogP contribution in [0.1, 0.15) is 137 Å². The molecule has 1 heterocycles. The molecule has 0 radical (unpaired) electrons. The standard InChI is InChI=1S/C61H93BrN8O13/c1-13-39(6)54(48(80-11)34-51(73)70-32-22-27-47(70)56(81-12)40(7)57(75)64-41(8)55(74)43-23-18-17-19-24-43)68(9)59(77)52(37(2)3)67-58(76)53(38(4)5)69(10)61(79)82-36-42-28-29-45(46(33-42)65-49(71)30-31-63-50(72)35-62)66-60(78)83-44-25-20-15-14-16-21-26-44/h17-20,23-25,28-29,33,37-41,44,47-48,52-56,74H,13-16,21-22,26-27,30-32,34-36H2,1-12H3,(H,63,72)(H,64,75)(H,65,71)(H,66,78)(H,67,76)/b25-20+/t39-,40+,41+,44?,47-,48+,52-,53-,54-,55+,56+/m0/s1. The maximum Gasteiger partial charge on any atom is 0.412 e. The predicted octanol–water partition coefficient (Wildman–Crippen LogP) is 7.86. The summed E-state index contributed by atoms with van der Waals surface area (Å²) in [6, 6.07) is 9.98. The van der Waals surface area contributed by atoms with Crippen molar-refractivity contribution in [3.63, 3.8) is 0 Å². The zero-order valence-electron chi connectivity index (χ0n) is 50.7. The van der Waals surface area contributed by atoms with Gasteiger partial charge < -0.3 is 55.1 Å². The molecule has 1 unspecified atom stereocenters. The zero-order valence-corrected chi connectivity index (χ0v) is 52.3. The number of anilines is 2. The van der Waals surface area contributed by atoms with Gasteiger partial charge in [0.2, 0.25) is 35.4 Å². The lowest BCUT2D eigenvalue weighted by Crippen LogP contribution is -2.60. The highest BCUT2D eigenvalue weighted by molar-refractivity contribution is 9.09. The van der Waals surface area contributed by atoms with Crippen LogP contribution >= 0.6 is 15.9 Å². The number of nitrogens with one attached hydrogen (secondary N) is 5. The lowest BCUT2D eigenvalue weighted by molar-refractivity contribution is -0.148. The normalized spacial score (nSPS) is 19.0. The molecule has 11 atom stereocenters. The van der Waals surface area contributed by atoms with Crippen molar-refractivity contribution in [1.82, 2.24) is 30.7 Å². The van der Waals surface area contributed by atoms with Gasteiger partial charge in [0, 0.05) is 47.8 Å². The van der Waals surface area contributed by atoms with Crippen LogP contribution in [0.4, 0.5) is 21.0 Å². The summed E-state index contributed by atoms with van der Waals surface area (Å²) >= 11 is 3.08. The number of alkyl halides is 1. The summed E-state index contributed by atoms with van der Waals surface area (Å²) in [5.74, 6) is -4.01. The van der Waals surface area contributed by atoms with Crippen LogP contribution in [-0.2, 0) is 54.3 Å². The van der Waals surface area contributed by atoms with Crippen molar-refractivity contribution in [3.8, 4) is 0 Å². The van der Waals surface area contributed by atoms with E-state index in [1.165, 1.54) is 26.2 Å². The minimum atomic E-state index is -1.09. The number of nitrogens with zero attached hydrogens (tertiary/aromatic N) is 3. The number of benzene rings is 2. The van der Waals surface area contributed by atoms with Crippen molar-refractivity contribution in [2.45, 2.75) is 181 Å². The molecule has 22 heteroatoms. The minimum absolute atomic E-state index is 0.0626. The van der Waals surface area contributed by atoms with E-state index in [4.69, 9.17) is 18.9 Å². The first-order chi connectivity index (χ1) is 39.5. The van der Waals surface area contributed by atoms with Crippen LogP contribution in [0.2, 0.25) is 0 Å². The number of aliphatic hydroxyl groups excluding tert-OH is 1. The molecule has 0 aromatic heterocycles. The van der Waals surface area contributed by atoms with E-state index < -0.39 is 102 Å². The van der Waals surface area contributed by atoms with Crippen molar-refractivity contribution in [2.24, 2.45) is 23.7 Å². The van der Waals surface area contributed by atoms with Crippen LogP contribution in [0.15, 0.2) is 60.7 Å². The molecule has 0 spiro atoms. The Morgan fingerprint density at radius 2 is 1.51 bits per heavy atom. The maximum atomic E-state index is 14.8. The molecule has 83 heavy (non-hydrogen) atoms. The van der Waals surface area contributed by atoms with E-state index in [0.717, 1.165) is 25.7 Å². The van der Waals surface area contributed by atoms with Gasteiger partial charge in [0.25, 0.3) is 0 Å². The van der Waals surface area contributed by atoms with Crippen LogP contribution in [0.25, 0.3) is 0 Å². The summed E-state index contributed by atoms with van der Waals surface area (Å²) in [4.78, 5) is 114.